The van der Waals surface area contributed by atoms with Gasteiger partial charge in [-0.3, -0.25) is 14.4 Å². The van der Waals surface area contributed by atoms with E-state index in [4.69, 9.17) is 14.2 Å². The largest absolute Gasteiger partial charge is 0.466 e. The van der Waals surface area contributed by atoms with Crippen molar-refractivity contribution in [2.45, 2.75) is 65.6 Å². The zero-order chi connectivity index (χ0) is 15.5. The average molecular weight is 288 g/mol. The highest BCUT2D eigenvalue weighted by molar-refractivity contribution is 5.66. The van der Waals surface area contributed by atoms with Gasteiger partial charge in [-0.2, -0.15) is 0 Å². The van der Waals surface area contributed by atoms with Crippen molar-refractivity contribution in [1.29, 1.82) is 0 Å². The Bertz CT molecular complexity index is 326. The van der Waals surface area contributed by atoms with Gasteiger partial charge < -0.3 is 14.2 Å². The van der Waals surface area contributed by atoms with Crippen molar-refractivity contribution in [3.63, 3.8) is 0 Å². The number of hydrogen-bond donors (Lipinski definition) is 0. The first-order valence-electron chi connectivity index (χ1n) is 6.79. The summed E-state index contributed by atoms with van der Waals surface area (Å²) in [4.78, 5) is 32.4. The Labute approximate surface area is 119 Å². The molecule has 0 aliphatic carbocycles. The lowest BCUT2D eigenvalue weighted by atomic mass is 10.1. The second-order valence-electron chi connectivity index (χ2n) is 4.71. The smallest absolute Gasteiger partial charge is 0.302 e. The van der Waals surface area contributed by atoms with E-state index in [-0.39, 0.29) is 30.1 Å². The molecule has 0 heterocycles. The third-order valence-corrected chi connectivity index (χ3v) is 2.57. The van der Waals surface area contributed by atoms with E-state index in [0.29, 0.717) is 32.3 Å². The highest BCUT2D eigenvalue weighted by Crippen LogP contribution is 2.13. The summed E-state index contributed by atoms with van der Waals surface area (Å²) in [5, 5.41) is 0. The van der Waals surface area contributed by atoms with Gasteiger partial charge in [-0.15, -0.1) is 0 Å². The standard InChI is InChI=1S/C14H24O6/c1-10(19-12(3)16)7-8-14(20-13(4)17)6-5-9-18-11(2)15/h10,14H,5-9H2,1-4H3. The van der Waals surface area contributed by atoms with Crippen LogP contribution in [0.15, 0.2) is 0 Å². The highest BCUT2D eigenvalue weighted by atomic mass is 16.5. The number of carbonyl (C=O) groups excluding carboxylic acids is 3. The maximum absolute atomic E-state index is 11.0. The molecule has 0 saturated carbocycles. The first-order valence-corrected chi connectivity index (χ1v) is 6.79. The van der Waals surface area contributed by atoms with Crippen molar-refractivity contribution >= 4 is 17.9 Å². The molecule has 0 aromatic carbocycles. The molecule has 0 saturated heterocycles. The molecular formula is C14H24O6. The molecule has 20 heavy (non-hydrogen) atoms. The molecule has 0 bridgehead atoms. The second-order valence-corrected chi connectivity index (χ2v) is 4.71. The van der Waals surface area contributed by atoms with E-state index < -0.39 is 0 Å². The van der Waals surface area contributed by atoms with Gasteiger partial charge in [-0.05, 0) is 32.6 Å². The van der Waals surface area contributed by atoms with Crippen LogP contribution in [0, 0.1) is 0 Å². The predicted octanol–water partition coefficient (Wildman–Crippen LogP) is 1.99. The maximum Gasteiger partial charge on any atom is 0.302 e. The van der Waals surface area contributed by atoms with Crippen molar-refractivity contribution in [3.05, 3.63) is 0 Å². The van der Waals surface area contributed by atoms with Gasteiger partial charge in [0, 0.05) is 20.8 Å². The van der Waals surface area contributed by atoms with E-state index in [1.807, 2.05) is 0 Å². The predicted molar refractivity (Wildman–Crippen MR) is 71.9 cm³/mol. The molecule has 0 N–H and O–H groups in total. The topological polar surface area (TPSA) is 78.9 Å². The van der Waals surface area contributed by atoms with Crippen molar-refractivity contribution in [1.82, 2.24) is 0 Å². The molecule has 0 radical (unpaired) electrons. The summed E-state index contributed by atoms with van der Waals surface area (Å²) in [5.41, 5.74) is 0. The zero-order valence-corrected chi connectivity index (χ0v) is 12.6. The molecule has 0 amide bonds. The molecule has 0 spiro atoms. The average Bonchev–Trinajstić information content (AvgIpc) is 2.29. The summed E-state index contributed by atoms with van der Waals surface area (Å²) in [6, 6.07) is 0. The minimum absolute atomic E-state index is 0.209. The molecule has 0 fully saturated rings. The van der Waals surface area contributed by atoms with E-state index in [1.54, 1.807) is 6.92 Å². The summed E-state index contributed by atoms with van der Waals surface area (Å²) >= 11 is 0. The Morgan fingerprint density at radius 2 is 1.45 bits per heavy atom. The Hall–Kier alpha value is -1.59. The van der Waals surface area contributed by atoms with Gasteiger partial charge in [0.25, 0.3) is 0 Å². The lowest BCUT2D eigenvalue weighted by Crippen LogP contribution is -2.21. The number of carbonyl (C=O) groups is 3. The van der Waals surface area contributed by atoms with E-state index in [1.165, 1.54) is 20.8 Å². The maximum atomic E-state index is 11.0. The SMILES string of the molecule is CC(=O)OCCCC(CCC(C)OC(C)=O)OC(C)=O. The zero-order valence-electron chi connectivity index (χ0n) is 12.6. The van der Waals surface area contributed by atoms with Crippen LogP contribution in [0.3, 0.4) is 0 Å². The van der Waals surface area contributed by atoms with Crippen LogP contribution in [0.5, 0.6) is 0 Å². The Morgan fingerprint density at radius 3 is 1.95 bits per heavy atom. The van der Waals surface area contributed by atoms with Gasteiger partial charge in [-0.1, -0.05) is 0 Å². The van der Waals surface area contributed by atoms with Gasteiger partial charge in [0.15, 0.2) is 0 Å². The summed E-state index contributed by atoms with van der Waals surface area (Å²) in [7, 11) is 0. The monoisotopic (exact) mass is 288 g/mol. The second kappa shape index (κ2) is 10.2. The van der Waals surface area contributed by atoms with Crippen molar-refractivity contribution in [2.75, 3.05) is 6.61 Å². The molecule has 0 aliphatic heterocycles. The number of hydrogen-bond acceptors (Lipinski definition) is 6. The minimum Gasteiger partial charge on any atom is -0.466 e. The fourth-order valence-corrected chi connectivity index (χ4v) is 1.79. The van der Waals surface area contributed by atoms with Gasteiger partial charge >= 0.3 is 17.9 Å². The minimum atomic E-state index is -0.345. The van der Waals surface area contributed by atoms with E-state index in [2.05, 4.69) is 0 Å². The van der Waals surface area contributed by atoms with E-state index in [9.17, 15) is 14.4 Å². The Morgan fingerprint density at radius 1 is 0.850 bits per heavy atom. The fourth-order valence-electron chi connectivity index (χ4n) is 1.79. The van der Waals surface area contributed by atoms with Gasteiger partial charge in [0.1, 0.15) is 6.10 Å². The first-order chi connectivity index (χ1) is 9.31. The Balaban J connectivity index is 4.04. The molecule has 6 heteroatoms. The van der Waals surface area contributed by atoms with Gasteiger partial charge in [0.2, 0.25) is 0 Å². The molecule has 0 aromatic heterocycles. The van der Waals surface area contributed by atoms with Crippen LogP contribution in [-0.4, -0.2) is 36.7 Å². The molecule has 0 aromatic rings. The summed E-state index contributed by atoms with van der Waals surface area (Å²) in [6.45, 7) is 6.18. The third-order valence-electron chi connectivity index (χ3n) is 2.57. The molecule has 0 rings (SSSR count). The lowest BCUT2D eigenvalue weighted by molar-refractivity contribution is -0.150. The molecule has 116 valence electrons. The summed E-state index contributed by atoms with van der Waals surface area (Å²) < 4.78 is 15.0. The summed E-state index contributed by atoms with van der Waals surface area (Å²) in [5.74, 6) is -0.989. The normalized spacial score (nSPS) is 13.2. The Kier molecular flexibility index (Phi) is 9.41. The van der Waals surface area contributed by atoms with E-state index >= 15 is 0 Å². The fraction of sp³-hybridized carbons (Fsp3) is 0.786. The van der Waals surface area contributed by atoms with E-state index in [0.717, 1.165) is 0 Å². The molecule has 0 aliphatic rings. The van der Waals surface area contributed by atoms with Crippen LogP contribution in [0.2, 0.25) is 0 Å². The van der Waals surface area contributed by atoms with Crippen molar-refractivity contribution in [3.8, 4) is 0 Å². The molecular weight excluding hydrogens is 264 g/mol. The molecule has 2 atom stereocenters. The molecule has 6 nitrogen and oxygen atoms in total. The number of esters is 3. The molecule has 2 unspecified atom stereocenters. The number of ether oxygens (including phenoxy) is 3. The highest BCUT2D eigenvalue weighted by Gasteiger charge is 2.15. The van der Waals surface area contributed by atoms with Crippen LogP contribution in [0.4, 0.5) is 0 Å². The number of rotatable bonds is 9. The van der Waals surface area contributed by atoms with Crippen LogP contribution in [-0.2, 0) is 28.6 Å². The van der Waals surface area contributed by atoms with Crippen molar-refractivity contribution < 1.29 is 28.6 Å². The summed E-state index contributed by atoms with van der Waals surface area (Å²) in [6.07, 6.45) is 2.00. The van der Waals surface area contributed by atoms with Crippen LogP contribution < -0.4 is 0 Å². The lowest BCUT2D eigenvalue weighted by Gasteiger charge is -2.19. The van der Waals surface area contributed by atoms with Gasteiger partial charge in [0.05, 0.1) is 12.7 Å². The van der Waals surface area contributed by atoms with Crippen LogP contribution >= 0.6 is 0 Å². The van der Waals surface area contributed by atoms with Crippen LogP contribution in [0.1, 0.15) is 53.4 Å². The van der Waals surface area contributed by atoms with Gasteiger partial charge in [-0.25, -0.2) is 0 Å². The van der Waals surface area contributed by atoms with Crippen LogP contribution in [0.25, 0.3) is 0 Å². The first kappa shape index (κ1) is 18.4. The quantitative estimate of drug-likeness (QED) is 0.367. The third kappa shape index (κ3) is 11.5. The van der Waals surface area contributed by atoms with Crippen molar-refractivity contribution in [2.24, 2.45) is 0 Å².